The molecule has 32 heavy (non-hydrogen) atoms. The van der Waals surface area contributed by atoms with E-state index < -0.39 is 35.1 Å². The van der Waals surface area contributed by atoms with Gasteiger partial charge >= 0.3 is 5.97 Å². The number of fused-ring (bicyclic) bond motifs is 1. The SMILES string of the molecule is CC(C)[C@H](NC(=O)c1ccc(Cl)c([N+](=O)[O-])c1)C(=O)OCC(=O)N1CCc2sccc2C1. The predicted octanol–water partition coefficient (Wildman–Crippen LogP) is 3.19. The number of halogens is 1. The van der Waals surface area contributed by atoms with E-state index >= 15 is 0 Å². The highest BCUT2D eigenvalue weighted by Crippen LogP contribution is 2.25. The number of nitro groups is 1. The van der Waals surface area contributed by atoms with E-state index in [1.807, 2.05) is 11.4 Å². The van der Waals surface area contributed by atoms with E-state index in [0.29, 0.717) is 13.1 Å². The van der Waals surface area contributed by atoms with E-state index in [4.69, 9.17) is 16.3 Å². The van der Waals surface area contributed by atoms with Gasteiger partial charge in [0, 0.05) is 29.6 Å². The highest BCUT2D eigenvalue weighted by molar-refractivity contribution is 7.10. The van der Waals surface area contributed by atoms with Gasteiger partial charge in [0.15, 0.2) is 6.61 Å². The van der Waals surface area contributed by atoms with Gasteiger partial charge in [-0.15, -0.1) is 11.3 Å². The molecular weight excluding hydrogens is 458 g/mol. The minimum atomic E-state index is -1.03. The number of nitrogens with zero attached hydrogens (tertiary/aromatic N) is 2. The van der Waals surface area contributed by atoms with E-state index in [1.54, 1.807) is 30.1 Å². The van der Waals surface area contributed by atoms with Gasteiger partial charge in [-0.25, -0.2) is 4.79 Å². The van der Waals surface area contributed by atoms with Gasteiger partial charge in [-0.05, 0) is 41.5 Å². The largest absolute Gasteiger partial charge is 0.454 e. The molecule has 1 N–H and O–H groups in total. The Kier molecular flexibility index (Phi) is 7.47. The normalized spacial score (nSPS) is 13.9. The molecule has 1 atom stereocenters. The van der Waals surface area contributed by atoms with Crippen LogP contribution in [0.5, 0.6) is 0 Å². The van der Waals surface area contributed by atoms with Crippen LogP contribution in [0.4, 0.5) is 5.69 Å². The van der Waals surface area contributed by atoms with E-state index in [-0.39, 0.29) is 22.4 Å². The number of carbonyl (C=O) groups excluding carboxylic acids is 3. The van der Waals surface area contributed by atoms with Gasteiger partial charge in [0.1, 0.15) is 11.1 Å². The quantitative estimate of drug-likeness (QED) is 0.370. The van der Waals surface area contributed by atoms with Crippen LogP contribution in [0.15, 0.2) is 29.6 Å². The zero-order valence-electron chi connectivity index (χ0n) is 17.5. The van der Waals surface area contributed by atoms with Gasteiger partial charge in [0.05, 0.1) is 4.92 Å². The Labute approximate surface area is 193 Å². The molecule has 1 aromatic heterocycles. The minimum Gasteiger partial charge on any atom is -0.454 e. The van der Waals surface area contributed by atoms with Crippen LogP contribution in [0.2, 0.25) is 5.02 Å². The van der Waals surface area contributed by atoms with Crippen molar-refractivity contribution in [2.75, 3.05) is 13.2 Å². The fourth-order valence-corrected chi connectivity index (χ4v) is 4.37. The lowest BCUT2D eigenvalue weighted by molar-refractivity contribution is -0.384. The van der Waals surface area contributed by atoms with Gasteiger partial charge < -0.3 is 15.0 Å². The Hall–Kier alpha value is -2.98. The van der Waals surface area contributed by atoms with Crippen molar-refractivity contribution in [2.24, 2.45) is 5.92 Å². The number of benzene rings is 1. The van der Waals surface area contributed by atoms with Crippen LogP contribution in [0.1, 0.15) is 34.6 Å². The van der Waals surface area contributed by atoms with Crippen molar-refractivity contribution < 1.29 is 24.0 Å². The second-order valence-electron chi connectivity index (χ2n) is 7.66. The van der Waals surface area contributed by atoms with Crippen LogP contribution in [0, 0.1) is 16.0 Å². The number of amides is 2. The van der Waals surface area contributed by atoms with Crippen molar-refractivity contribution >= 4 is 46.4 Å². The Morgan fingerprint density at radius 3 is 2.75 bits per heavy atom. The van der Waals surface area contributed by atoms with Gasteiger partial charge in [0.25, 0.3) is 17.5 Å². The second kappa shape index (κ2) is 10.1. The van der Waals surface area contributed by atoms with Crippen LogP contribution in [-0.2, 0) is 27.3 Å². The zero-order chi connectivity index (χ0) is 23.4. The van der Waals surface area contributed by atoms with Crippen molar-refractivity contribution in [3.05, 3.63) is 60.8 Å². The summed E-state index contributed by atoms with van der Waals surface area (Å²) in [5.41, 5.74) is 0.671. The van der Waals surface area contributed by atoms with Crippen LogP contribution in [0.25, 0.3) is 0 Å². The van der Waals surface area contributed by atoms with E-state index in [0.717, 1.165) is 18.1 Å². The molecular formula is C21H22ClN3O6S. The van der Waals surface area contributed by atoms with E-state index in [2.05, 4.69) is 5.32 Å². The lowest BCUT2D eigenvalue weighted by Crippen LogP contribution is -2.46. The number of carbonyl (C=O) groups is 3. The summed E-state index contributed by atoms with van der Waals surface area (Å²) < 4.78 is 5.20. The van der Waals surface area contributed by atoms with E-state index in [9.17, 15) is 24.5 Å². The second-order valence-corrected chi connectivity index (χ2v) is 9.07. The first-order valence-electron chi connectivity index (χ1n) is 9.91. The maximum Gasteiger partial charge on any atom is 0.329 e. The Morgan fingerprint density at radius 2 is 2.06 bits per heavy atom. The number of nitrogens with one attached hydrogen (secondary N) is 1. The molecule has 1 aliphatic rings. The number of hydrogen-bond acceptors (Lipinski definition) is 7. The molecule has 2 amide bonds. The Balaban J connectivity index is 1.60. The predicted molar refractivity (Wildman–Crippen MR) is 119 cm³/mol. The number of rotatable bonds is 7. The standard InChI is InChI=1S/C21H22ClN3O6S/c1-12(2)19(23-20(27)13-3-4-15(22)16(9-13)25(29)30)21(28)31-11-18(26)24-7-5-17-14(10-24)6-8-32-17/h3-4,6,8-9,12,19H,5,7,10-11H2,1-2H3,(H,23,27)/t19-/m0/s1. The summed E-state index contributed by atoms with van der Waals surface area (Å²) in [6, 6.07) is 4.56. The third kappa shape index (κ3) is 5.43. The highest BCUT2D eigenvalue weighted by Gasteiger charge is 2.29. The van der Waals surface area contributed by atoms with E-state index in [1.165, 1.54) is 17.0 Å². The summed E-state index contributed by atoms with van der Waals surface area (Å²) in [7, 11) is 0. The average molecular weight is 480 g/mol. The minimum absolute atomic E-state index is 0.0180. The fourth-order valence-electron chi connectivity index (χ4n) is 3.29. The third-order valence-corrected chi connectivity index (χ3v) is 6.45. The molecule has 170 valence electrons. The molecule has 3 rings (SSSR count). The smallest absolute Gasteiger partial charge is 0.329 e. The molecule has 1 aliphatic heterocycles. The summed E-state index contributed by atoms with van der Waals surface area (Å²) in [5.74, 6) is -2.09. The number of nitro benzene ring substituents is 1. The first-order chi connectivity index (χ1) is 15.2. The Morgan fingerprint density at radius 1 is 1.31 bits per heavy atom. The first kappa shape index (κ1) is 23.7. The molecule has 0 aliphatic carbocycles. The fraction of sp³-hybridized carbons (Fsp3) is 0.381. The molecule has 0 spiro atoms. The molecule has 1 aromatic carbocycles. The molecule has 0 saturated carbocycles. The van der Waals surface area contributed by atoms with Crippen LogP contribution in [0.3, 0.4) is 0 Å². The summed E-state index contributed by atoms with van der Waals surface area (Å²) in [4.78, 5) is 50.9. The van der Waals surface area contributed by atoms with Crippen LogP contribution >= 0.6 is 22.9 Å². The zero-order valence-corrected chi connectivity index (χ0v) is 19.1. The third-order valence-electron chi connectivity index (χ3n) is 5.11. The topological polar surface area (TPSA) is 119 Å². The monoisotopic (exact) mass is 479 g/mol. The molecule has 0 fully saturated rings. The lowest BCUT2D eigenvalue weighted by atomic mass is 10.0. The van der Waals surface area contributed by atoms with Crippen molar-refractivity contribution in [1.29, 1.82) is 0 Å². The molecule has 2 aromatic rings. The van der Waals surface area contributed by atoms with Gasteiger partial charge in [0.2, 0.25) is 0 Å². The van der Waals surface area contributed by atoms with Crippen molar-refractivity contribution in [1.82, 2.24) is 10.2 Å². The number of esters is 1. The molecule has 2 heterocycles. The van der Waals surface area contributed by atoms with Crippen molar-refractivity contribution in [2.45, 2.75) is 32.9 Å². The van der Waals surface area contributed by atoms with Gasteiger partial charge in [-0.3, -0.25) is 19.7 Å². The lowest BCUT2D eigenvalue weighted by Gasteiger charge is -2.27. The molecule has 0 saturated heterocycles. The maximum atomic E-state index is 12.6. The molecule has 0 radical (unpaired) electrons. The highest BCUT2D eigenvalue weighted by atomic mass is 35.5. The van der Waals surface area contributed by atoms with Crippen molar-refractivity contribution in [3.8, 4) is 0 Å². The van der Waals surface area contributed by atoms with Crippen LogP contribution in [-0.4, -0.2) is 46.8 Å². The molecule has 9 nitrogen and oxygen atoms in total. The Bertz CT molecular complexity index is 1050. The summed E-state index contributed by atoms with van der Waals surface area (Å²) in [5, 5.41) is 15.5. The van der Waals surface area contributed by atoms with Crippen LogP contribution < -0.4 is 5.32 Å². The number of hydrogen-bond donors (Lipinski definition) is 1. The number of thiophene rings is 1. The maximum absolute atomic E-state index is 12.6. The summed E-state index contributed by atoms with van der Waals surface area (Å²) in [6.45, 7) is 4.03. The first-order valence-corrected chi connectivity index (χ1v) is 11.2. The molecule has 0 unspecified atom stereocenters. The molecule has 0 bridgehead atoms. The molecule has 11 heteroatoms. The number of ether oxygens (including phenoxy) is 1. The van der Waals surface area contributed by atoms with Crippen molar-refractivity contribution in [3.63, 3.8) is 0 Å². The van der Waals surface area contributed by atoms with Gasteiger partial charge in [-0.1, -0.05) is 25.4 Å². The summed E-state index contributed by atoms with van der Waals surface area (Å²) in [6.07, 6.45) is 0.768. The summed E-state index contributed by atoms with van der Waals surface area (Å²) >= 11 is 7.44. The average Bonchev–Trinajstić information content (AvgIpc) is 3.23. The van der Waals surface area contributed by atoms with Gasteiger partial charge in [-0.2, -0.15) is 0 Å².